The monoisotopic (exact) mass is 360 g/mol. The van der Waals surface area contributed by atoms with Crippen molar-refractivity contribution >= 4 is 21.8 Å². The molecule has 2 atom stereocenters. The van der Waals surface area contributed by atoms with E-state index in [1.807, 2.05) is 6.92 Å². The van der Waals surface area contributed by atoms with Gasteiger partial charge in [0.2, 0.25) is 5.91 Å². The predicted octanol–water partition coefficient (Wildman–Crippen LogP) is 1.42. The highest BCUT2D eigenvalue weighted by molar-refractivity contribution is 7.91. The molecule has 0 radical (unpaired) electrons. The van der Waals surface area contributed by atoms with Crippen LogP contribution in [0.5, 0.6) is 0 Å². The van der Waals surface area contributed by atoms with E-state index in [2.05, 4.69) is 0 Å². The smallest absolute Gasteiger partial charge is 0.410 e. The maximum absolute atomic E-state index is 12.9. The van der Waals surface area contributed by atoms with Gasteiger partial charge in [-0.2, -0.15) is 0 Å². The molecule has 24 heavy (non-hydrogen) atoms. The molecule has 7 nitrogen and oxygen atoms in total. The van der Waals surface area contributed by atoms with Crippen molar-refractivity contribution in [2.75, 3.05) is 24.6 Å². The normalized spacial score (nSPS) is 26.4. The van der Waals surface area contributed by atoms with Crippen molar-refractivity contribution in [3.8, 4) is 0 Å². The fourth-order valence-corrected chi connectivity index (χ4v) is 5.10. The first kappa shape index (κ1) is 19.0. The minimum Gasteiger partial charge on any atom is -0.444 e. The van der Waals surface area contributed by atoms with Crippen LogP contribution in [0.25, 0.3) is 0 Å². The van der Waals surface area contributed by atoms with Gasteiger partial charge < -0.3 is 9.64 Å². The van der Waals surface area contributed by atoms with Crippen molar-refractivity contribution in [2.45, 2.75) is 64.6 Å². The number of carbonyl (C=O) groups is 2. The van der Waals surface area contributed by atoms with Crippen LogP contribution in [0.3, 0.4) is 0 Å². The maximum Gasteiger partial charge on any atom is 0.410 e. The first-order chi connectivity index (χ1) is 11.0. The van der Waals surface area contributed by atoms with Gasteiger partial charge in [-0.3, -0.25) is 9.69 Å². The Morgan fingerprint density at radius 3 is 2.42 bits per heavy atom. The largest absolute Gasteiger partial charge is 0.444 e. The average Bonchev–Trinajstić information content (AvgIpc) is 3.04. The van der Waals surface area contributed by atoms with Crippen molar-refractivity contribution < 1.29 is 22.7 Å². The van der Waals surface area contributed by atoms with Crippen LogP contribution in [-0.2, 0) is 19.4 Å². The number of nitrogens with zero attached hydrogens (tertiary/aromatic N) is 2. The van der Waals surface area contributed by atoms with E-state index in [0.717, 1.165) is 6.42 Å². The van der Waals surface area contributed by atoms with Gasteiger partial charge >= 0.3 is 6.09 Å². The molecule has 2 fully saturated rings. The summed E-state index contributed by atoms with van der Waals surface area (Å²) in [7, 11) is -3.06. The summed E-state index contributed by atoms with van der Waals surface area (Å²) in [6, 6.07) is -0.836. The number of carbonyl (C=O) groups excluding carboxylic acids is 2. The molecule has 0 N–H and O–H groups in total. The Labute approximate surface area is 144 Å². The predicted molar refractivity (Wildman–Crippen MR) is 90.4 cm³/mol. The van der Waals surface area contributed by atoms with Gasteiger partial charge in [0, 0.05) is 19.1 Å². The van der Waals surface area contributed by atoms with Crippen LogP contribution in [0.15, 0.2) is 0 Å². The van der Waals surface area contributed by atoms with Gasteiger partial charge in [0.05, 0.1) is 11.5 Å². The molecular formula is C16H28N2O5S. The lowest BCUT2D eigenvalue weighted by Crippen LogP contribution is -2.52. The van der Waals surface area contributed by atoms with E-state index in [0.29, 0.717) is 25.9 Å². The lowest BCUT2D eigenvalue weighted by atomic mass is 10.1. The van der Waals surface area contributed by atoms with Gasteiger partial charge in [0.25, 0.3) is 0 Å². The quantitative estimate of drug-likeness (QED) is 0.760. The fourth-order valence-electron chi connectivity index (χ4n) is 3.37. The van der Waals surface area contributed by atoms with Crippen LogP contribution < -0.4 is 0 Å². The van der Waals surface area contributed by atoms with Crippen LogP contribution >= 0.6 is 0 Å². The lowest BCUT2D eigenvalue weighted by molar-refractivity contribution is -0.137. The van der Waals surface area contributed by atoms with Crippen molar-refractivity contribution in [3.63, 3.8) is 0 Å². The second kappa shape index (κ2) is 6.90. The summed E-state index contributed by atoms with van der Waals surface area (Å²) < 4.78 is 28.8. The van der Waals surface area contributed by atoms with Gasteiger partial charge in [-0.25, -0.2) is 13.2 Å². The zero-order valence-electron chi connectivity index (χ0n) is 14.9. The summed E-state index contributed by atoms with van der Waals surface area (Å²) in [5, 5.41) is 0. The highest BCUT2D eigenvalue weighted by atomic mass is 32.2. The number of hydrogen-bond acceptors (Lipinski definition) is 5. The van der Waals surface area contributed by atoms with Gasteiger partial charge in [-0.1, -0.05) is 0 Å². The van der Waals surface area contributed by atoms with E-state index < -0.39 is 27.6 Å². The summed E-state index contributed by atoms with van der Waals surface area (Å²) in [5.74, 6) is -0.0175. The summed E-state index contributed by atoms with van der Waals surface area (Å²) in [5.41, 5.74) is -0.614. The van der Waals surface area contributed by atoms with Crippen LogP contribution in [0.2, 0.25) is 0 Å². The zero-order chi connectivity index (χ0) is 18.1. The molecule has 0 saturated carbocycles. The lowest BCUT2D eigenvalue weighted by Gasteiger charge is -2.33. The van der Waals surface area contributed by atoms with Crippen molar-refractivity contribution in [1.82, 2.24) is 9.80 Å². The molecule has 0 spiro atoms. The van der Waals surface area contributed by atoms with Crippen LogP contribution in [-0.4, -0.2) is 72.5 Å². The number of ether oxygens (including phenoxy) is 1. The Hall–Kier alpha value is -1.31. The molecule has 2 unspecified atom stereocenters. The molecule has 2 aliphatic rings. The highest BCUT2D eigenvalue weighted by Crippen LogP contribution is 2.25. The third-order valence-corrected chi connectivity index (χ3v) is 6.19. The molecule has 0 bridgehead atoms. The van der Waals surface area contributed by atoms with Gasteiger partial charge in [0.1, 0.15) is 11.6 Å². The van der Waals surface area contributed by atoms with Crippen molar-refractivity contribution in [1.29, 1.82) is 0 Å². The zero-order valence-corrected chi connectivity index (χ0v) is 15.8. The van der Waals surface area contributed by atoms with Crippen LogP contribution in [0.1, 0.15) is 47.0 Å². The third kappa shape index (κ3) is 4.40. The molecule has 0 aromatic heterocycles. The second-order valence-corrected chi connectivity index (χ2v) is 9.74. The van der Waals surface area contributed by atoms with E-state index in [9.17, 15) is 18.0 Å². The molecule has 0 aromatic rings. The average molecular weight is 360 g/mol. The molecule has 0 aromatic carbocycles. The highest BCUT2D eigenvalue weighted by Gasteiger charge is 2.42. The molecular weight excluding hydrogens is 332 g/mol. The van der Waals surface area contributed by atoms with Crippen molar-refractivity contribution in [2.24, 2.45) is 0 Å². The molecule has 8 heteroatoms. The van der Waals surface area contributed by atoms with Gasteiger partial charge in [-0.05, 0) is 47.0 Å². The number of hydrogen-bond donors (Lipinski definition) is 0. The Kier molecular flexibility index (Phi) is 5.47. The molecule has 2 amide bonds. The molecule has 2 aliphatic heterocycles. The molecule has 2 saturated heterocycles. The minimum atomic E-state index is -3.06. The number of likely N-dealkylation sites (tertiary alicyclic amines) is 1. The summed E-state index contributed by atoms with van der Waals surface area (Å²) >= 11 is 0. The maximum atomic E-state index is 12.9. The standard InChI is InChI=1S/C16H28N2O5S/c1-5-17(12-8-10-24(21,22)11-12)14(19)13-7-6-9-18(13)15(20)23-16(2,3)4/h12-13H,5-11H2,1-4H3. The number of rotatable bonds is 3. The van der Waals surface area contributed by atoms with Crippen LogP contribution in [0, 0.1) is 0 Å². The van der Waals surface area contributed by atoms with Crippen LogP contribution in [0.4, 0.5) is 4.79 Å². The van der Waals surface area contributed by atoms with Gasteiger partial charge in [-0.15, -0.1) is 0 Å². The first-order valence-electron chi connectivity index (χ1n) is 8.54. The molecule has 138 valence electrons. The van der Waals surface area contributed by atoms with E-state index in [4.69, 9.17) is 4.74 Å². The first-order valence-corrected chi connectivity index (χ1v) is 10.4. The van der Waals surface area contributed by atoms with Gasteiger partial charge in [0.15, 0.2) is 9.84 Å². The topological polar surface area (TPSA) is 84.0 Å². The Morgan fingerprint density at radius 1 is 1.25 bits per heavy atom. The fraction of sp³-hybridized carbons (Fsp3) is 0.875. The summed E-state index contributed by atoms with van der Waals surface area (Å²) in [6.45, 7) is 8.15. The van der Waals surface area contributed by atoms with E-state index >= 15 is 0 Å². The number of amides is 2. The van der Waals surface area contributed by atoms with E-state index in [-0.39, 0.29) is 23.5 Å². The summed E-state index contributed by atoms with van der Waals surface area (Å²) in [6.07, 6.45) is 1.33. The molecule has 2 heterocycles. The molecule has 2 rings (SSSR count). The number of likely N-dealkylation sites (N-methyl/N-ethyl adjacent to an activating group) is 1. The minimum absolute atomic E-state index is 0.0196. The Balaban J connectivity index is 2.10. The second-order valence-electron chi connectivity index (χ2n) is 7.51. The van der Waals surface area contributed by atoms with E-state index in [1.54, 1.807) is 25.7 Å². The Bertz CT molecular complexity index is 596. The van der Waals surface area contributed by atoms with Crippen molar-refractivity contribution in [3.05, 3.63) is 0 Å². The van der Waals surface area contributed by atoms with E-state index in [1.165, 1.54) is 4.90 Å². The molecule has 0 aliphatic carbocycles. The number of sulfone groups is 1. The third-order valence-electron chi connectivity index (χ3n) is 4.44. The Morgan fingerprint density at radius 2 is 1.92 bits per heavy atom. The SMILES string of the molecule is CCN(C(=O)C1CCCN1C(=O)OC(C)(C)C)C1CCS(=O)(=O)C1. The summed E-state index contributed by atoms with van der Waals surface area (Å²) in [4.78, 5) is 28.4.